The largest absolute Gasteiger partial charge is 0.471 e. The summed E-state index contributed by atoms with van der Waals surface area (Å²) >= 11 is 12.4. The van der Waals surface area contributed by atoms with Gasteiger partial charge in [0.1, 0.15) is 27.1 Å². The Morgan fingerprint density at radius 3 is 2.46 bits per heavy atom. The molecule has 192 valence electrons. The molecule has 2 fully saturated rings. The van der Waals surface area contributed by atoms with Crippen LogP contribution in [-0.2, 0) is 9.84 Å². The second-order valence-electron chi connectivity index (χ2n) is 9.75. The van der Waals surface area contributed by atoms with Crippen molar-refractivity contribution in [1.29, 1.82) is 0 Å². The average Bonchev–Trinajstić information content (AvgIpc) is 3.26. The summed E-state index contributed by atoms with van der Waals surface area (Å²) in [7, 11) is -2.86. The van der Waals surface area contributed by atoms with E-state index in [0.29, 0.717) is 32.9 Å². The van der Waals surface area contributed by atoms with Gasteiger partial charge in [0, 0.05) is 53.6 Å². The molecule has 1 atom stereocenters. The van der Waals surface area contributed by atoms with E-state index in [1.165, 1.54) is 12.4 Å². The number of aromatic nitrogens is 4. The molecule has 2 aliphatic heterocycles. The predicted molar refractivity (Wildman–Crippen MR) is 144 cm³/mol. The highest BCUT2D eigenvalue weighted by molar-refractivity contribution is 7.91. The van der Waals surface area contributed by atoms with Crippen molar-refractivity contribution in [1.82, 2.24) is 20.2 Å². The lowest BCUT2D eigenvalue weighted by Gasteiger charge is -2.52. The number of fused-ring (bicyclic) bond motifs is 1. The lowest BCUT2D eigenvalue weighted by atomic mass is 9.75. The van der Waals surface area contributed by atoms with E-state index in [0.717, 1.165) is 53.9 Å². The first-order chi connectivity index (χ1) is 17.7. The summed E-state index contributed by atoms with van der Waals surface area (Å²) in [6.45, 7) is 1.68. The van der Waals surface area contributed by atoms with E-state index < -0.39 is 16.1 Å². The van der Waals surface area contributed by atoms with Gasteiger partial charge in [-0.2, -0.15) is 5.10 Å². The Hall–Kier alpha value is -2.92. The topological polar surface area (TPSA) is 127 Å². The highest BCUT2D eigenvalue weighted by Gasteiger charge is 2.46. The van der Waals surface area contributed by atoms with Gasteiger partial charge in [-0.1, -0.05) is 23.2 Å². The van der Waals surface area contributed by atoms with Gasteiger partial charge in [-0.05, 0) is 43.2 Å². The van der Waals surface area contributed by atoms with Crippen LogP contribution in [0.15, 0.2) is 48.9 Å². The molecule has 0 bridgehead atoms. The van der Waals surface area contributed by atoms with E-state index in [2.05, 4.69) is 25.1 Å². The Kier molecular flexibility index (Phi) is 6.02. The van der Waals surface area contributed by atoms with Crippen LogP contribution in [0.2, 0.25) is 10.0 Å². The zero-order chi connectivity index (χ0) is 25.8. The standard InChI is InChI=1S/C25H24Cl2N6O3S/c26-18-11-29-12-19(27)22(18)24(28)36-16-2-3-20-17(9-16)23(32-31-20)15-1-4-21(30-10-15)33-13-25(14-33)5-7-37(34,35)8-6-25/h1-4,9-12,24H,5-8,13-14,28H2,(H,31,32)/t24-/m0/s1. The number of pyridine rings is 2. The summed E-state index contributed by atoms with van der Waals surface area (Å²) in [5.74, 6) is 2.00. The van der Waals surface area contributed by atoms with Gasteiger partial charge in [-0.25, -0.2) is 13.4 Å². The minimum Gasteiger partial charge on any atom is -0.471 e. The average molecular weight is 559 g/mol. The molecule has 2 aliphatic rings. The van der Waals surface area contributed by atoms with Crippen molar-refractivity contribution < 1.29 is 13.2 Å². The van der Waals surface area contributed by atoms with Gasteiger partial charge < -0.3 is 9.64 Å². The first-order valence-electron chi connectivity index (χ1n) is 11.8. The maximum absolute atomic E-state index is 11.8. The molecule has 9 nitrogen and oxygen atoms in total. The molecule has 4 aromatic rings. The molecule has 3 aromatic heterocycles. The summed E-state index contributed by atoms with van der Waals surface area (Å²) in [6.07, 6.45) is 5.34. The lowest BCUT2D eigenvalue weighted by molar-refractivity contribution is 0.188. The number of nitrogens with one attached hydrogen (secondary N) is 1. The maximum Gasteiger partial charge on any atom is 0.177 e. The SMILES string of the molecule is N[C@@H](Oc1ccc2[nH]nc(-c3ccc(N4CC5(CCS(=O)(=O)CC5)C4)nc3)c2c1)c1c(Cl)cncc1Cl. The number of rotatable bonds is 5. The summed E-state index contributed by atoms with van der Waals surface area (Å²) < 4.78 is 29.5. The number of benzene rings is 1. The van der Waals surface area contributed by atoms with Crippen molar-refractivity contribution in [2.45, 2.75) is 19.1 Å². The van der Waals surface area contributed by atoms with Crippen LogP contribution >= 0.6 is 23.2 Å². The predicted octanol–water partition coefficient (Wildman–Crippen LogP) is 4.38. The first kappa shape index (κ1) is 24.4. The third-order valence-electron chi connectivity index (χ3n) is 7.26. The number of ether oxygens (including phenoxy) is 1. The van der Waals surface area contributed by atoms with E-state index in [1.54, 1.807) is 12.3 Å². The molecule has 0 unspecified atom stereocenters. The fourth-order valence-corrected chi connectivity index (χ4v) is 7.38. The summed E-state index contributed by atoms with van der Waals surface area (Å²) in [6, 6.07) is 9.50. The molecule has 6 rings (SSSR count). The molecule has 1 spiro atoms. The van der Waals surface area contributed by atoms with Crippen LogP contribution in [-0.4, -0.2) is 53.2 Å². The van der Waals surface area contributed by atoms with E-state index in [9.17, 15) is 8.42 Å². The fraction of sp³-hybridized carbons (Fsp3) is 0.320. The van der Waals surface area contributed by atoms with Crippen LogP contribution in [0.3, 0.4) is 0 Å². The maximum atomic E-state index is 11.8. The number of sulfone groups is 1. The molecular formula is C25H24Cl2N6O3S. The van der Waals surface area contributed by atoms with Crippen LogP contribution in [0.5, 0.6) is 5.75 Å². The number of hydrogen-bond donors (Lipinski definition) is 2. The highest BCUT2D eigenvalue weighted by Crippen LogP contribution is 2.43. The zero-order valence-electron chi connectivity index (χ0n) is 19.7. The second-order valence-corrected chi connectivity index (χ2v) is 12.9. The molecule has 12 heteroatoms. The Bertz CT molecular complexity index is 1550. The summed E-state index contributed by atoms with van der Waals surface area (Å²) in [4.78, 5) is 10.8. The van der Waals surface area contributed by atoms with Crippen molar-refractivity contribution in [2.24, 2.45) is 11.1 Å². The molecule has 5 heterocycles. The number of nitrogens with two attached hydrogens (primary N) is 1. The third kappa shape index (κ3) is 4.63. The van der Waals surface area contributed by atoms with Gasteiger partial charge in [0.05, 0.1) is 27.1 Å². The van der Waals surface area contributed by atoms with Crippen molar-refractivity contribution in [3.8, 4) is 17.0 Å². The van der Waals surface area contributed by atoms with Crippen molar-refractivity contribution >= 4 is 49.8 Å². The van der Waals surface area contributed by atoms with Gasteiger partial charge in [0.15, 0.2) is 6.23 Å². The van der Waals surface area contributed by atoms with Crippen molar-refractivity contribution in [3.63, 3.8) is 0 Å². The molecule has 37 heavy (non-hydrogen) atoms. The highest BCUT2D eigenvalue weighted by atomic mass is 35.5. The van der Waals surface area contributed by atoms with Crippen LogP contribution in [0.4, 0.5) is 5.82 Å². The van der Waals surface area contributed by atoms with E-state index in [-0.39, 0.29) is 5.41 Å². The second kappa shape index (κ2) is 9.13. The smallest absolute Gasteiger partial charge is 0.177 e. The van der Waals surface area contributed by atoms with Gasteiger partial charge in [-0.3, -0.25) is 15.8 Å². The van der Waals surface area contributed by atoms with Gasteiger partial charge in [0.2, 0.25) is 0 Å². The number of aromatic amines is 1. The number of anilines is 1. The number of H-pyrrole nitrogens is 1. The third-order valence-corrected chi connectivity index (χ3v) is 9.51. The van der Waals surface area contributed by atoms with Crippen LogP contribution in [0.25, 0.3) is 22.2 Å². The normalized spacial score (nSPS) is 19.1. The Labute approximate surface area is 223 Å². The van der Waals surface area contributed by atoms with Gasteiger partial charge in [0.25, 0.3) is 0 Å². The number of nitrogens with zero attached hydrogens (tertiary/aromatic N) is 4. The molecule has 2 saturated heterocycles. The quantitative estimate of drug-likeness (QED) is 0.345. The monoisotopic (exact) mass is 558 g/mol. The molecule has 0 aliphatic carbocycles. The van der Waals surface area contributed by atoms with Gasteiger partial charge in [-0.15, -0.1) is 0 Å². The Balaban J connectivity index is 1.19. The van der Waals surface area contributed by atoms with Gasteiger partial charge >= 0.3 is 0 Å². The number of halogens is 2. The molecule has 0 amide bonds. The molecule has 1 aromatic carbocycles. The van der Waals surface area contributed by atoms with E-state index >= 15 is 0 Å². The Morgan fingerprint density at radius 2 is 1.78 bits per heavy atom. The van der Waals surface area contributed by atoms with E-state index in [1.807, 2.05) is 24.3 Å². The molecule has 3 N–H and O–H groups in total. The van der Waals surface area contributed by atoms with Crippen LogP contribution < -0.4 is 15.4 Å². The molecule has 0 saturated carbocycles. The van der Waals surface area contributed by atoms with Crippen LogP contribution in [0, 0.1) is 5.41 Å². The van der Waals surface area contributed by atoms with E-state index in [4.69, 9.17) is 33.7 Å². The zero-order valence-corrected chi connectivity index (χ0v) is 22.0. The van der Waals surface area contributed by atoms with Crippen molar-refractivity contribution in [2.75, 3.05) is 29.5 Å². The summed E-state index contributed by atoms with van der Waals surface area (Å²) in [5, 5.41) is 9.06. The minimum absolute atomic E-state index is 0.103. The van der Waals surface area contributed by atoms with Crippen LogP contribution in [0.1, 0.15) is 24.6 Å². The molecule has 0 radical (unpaired) electrons. The Morgan fingerprint density at radius 1 is 1.05 bits per heavy atom. The molecular weight excluding hydrogens is 535 g/mol. The first-order valence-corrected chi connectivity index (χ1v) is 14.4. The number of hydrogen-bond acceptors (Lipinski definition) is 8. The fourth-order valence-electron chi connectivity index (χ4n) is 5.11. The lowest BCUT2D eigenvalue weighted by Crippen LogP contribution is -2.59. The van der Waals surface area contributed by atoms with Crippen molar-refractivity contribution in [3.05, 3.63) is 64.5 Å². The minimum atomic E-state index is -2.86. The summed E-state index contributed by atoms with van der Waals surface area (Å²) in [5.41, 5.74) is 9.25.